The summed E-state index contributed by atoms with van der Waals surface area (Å²) >= 11 is 0. The highest BCUT2D eigenvalue weighted by molar-refractivity contribution is 6.63. The smallest absolute Gasteiger partial charge is 0.456 e. The van der Waals surface area contributed by atoms with Gasteiger partial charge in [-0.3, -0.25) is 4.98 Å². The van der Waals surface area contributed by atoms with Gasteiger partial charge in [0, 0.05) is 17.4 Å². The van der Waals surface area contributed by atoms with Crippen LogP contribution in [0.3, 0.4) is 0 Å². The Balaban J connectivity index is 2.40. The summed E-state index contributed by atoms with van der Waals surface area (Å²) in [4.78, 5) is 16.7. The second kappa shape index (κ2) is 5.60. The Morgan fingerprint density at radius 3 is 2.17 bits per heavy atom. The lowest BCUT2D eigenvalue weighted by molar-refractivity contribution is 0.00578. The molecule has 0 N–H and O–H groups in total. The molecule has 1 fully saturated rings. The monoisotopic (exact) mass is 319 g/mol. The molecular formula is C17H26BNO4. The Kier molecular flexibility index (Phi) is 4.37. The lowest BCUT2D eigenvalue weighted by Crippen LogP contribution is -2.41. The summed E-state index contributed by atoms with van der Waals surface area (Å²) in [5.74, 6) is -0.422. The number of esters is 1. The first kappa shape index (κ1) is 18.0. The number of aromatic nitrogens is 1. The average Bonchev–Trinajstić information content (AvgIpc) is 2.56. The molecule has 0 radical (unpaired) electrons. The van der Waals surface area contributed by atoms with Crippen molar-refractivity contribution in [1.82, 2.24) is 4.98 Å². The highest BCUT2D eigenvalue weighted by Gasteiger charge is 2.52. The summed E-state index contributed by atoms with van der Waals surface area (Å²) in [6.45, 7) is 15.3. The number of ether oxygens (including phenoxy) is 1. The van der Waals surface area contributed by atoms with Gasteiger partial charge in [0.15, 0.2) is 0 Å². The summed E-state index contributed by atoms with van der Waals surface area (Å²) in [6.07, 6.45) is 1.53. The Morgan fingerprint density at radius 2 is 1.70 bits per heavy atom. The van der Waals surface area contributed by atoms with E-state index in [0.717, 1.165) is 5.69 Å². The van der Waals surface area contributed by atoms with Crippen molar-refractivity contribution in [1.29, 1.82) is 0 Å². The lowest BCUT2D eigenvalue weighted by atomic mass is 9.76. The van der Waals surface area contributed by atoms with Crippen LogP contribution in [-0.4, -0.2) is 34.9 Å². The Labute approximate surface area is 138 Å². The van der Waals surface area contributed by atoms with Crippen LogP contribution in [0.5, 0.6) is 0 Å². The molecule has 6 heteroatoms. The summed E-state index contributed by atoms with van der Waals surface area (Å²) in [5.41, 5.74) is 0.311. The zero-order valence-electron chi connectivity index (χ0n) is 15.3. The van der Waals surface area contributed by atoms with E-state index < -0.39 is 29.9 Å². The third kappa shape index (κ3) is 3.75. The van der Waals surface area contributed by atoms with Crippen LogP contribution in [0.2, 0.25) is 0 Å². The number of pyridine rings is 1. The van der Waals surface area contributed by atoms with E-state index in [2.05, 4.69) is 4.98 Å². The molecule has 1 aromatic rings. The molecule has 1 aromatic heterocycles. The molecule has 5 nitrogen and oxygen atoms in total. The van der Waals surface area contributed by atoms with E-state index in [1.165, 1.54) is 6.20 Å². The Morgan fingerprint density at radius 1 is 1.17 bits per heavy atom. The largest absolute Gasteiger partial charge is 0.495 e. The van der Waals surface area contributed by atoms with E-state index in [1.807, 2.05) is 61.5 Å². The van der Waals surface area contributed by atoms with Crippen molar-refractivity contribution in [2.24, 2.45) is 0 Å². The van der Waals surface area contributed by atoms with Crippen LogP contribution in [0, 0.1) is 6.92 Å². The first-order valence-electron chi connectivity index (χ1n) is 7.88. The van der Waals surface area contributed by atoms with Gasteiger partial charge in [0.2, 0.25) is 0 Å². The molecule has 0 unspecified atom stereocenters. The molecule has 1 aliphatic rings. The molecule has 23 heavy (non-hydrogen) atoms. The number of carbonyl (C=O) groups excluding carboxylic acids is 1. The maximum absolute atomic E-state index is 12.5. The molecule has 0 aliphatic carbocycles. The molecule has 2 rings (SSSR count). The van der Waals surface area contributed by atoms with Crippen molar-refractivity contribution >= 4 is 18.6 Å². The summed E-state index contributed by atoms with van der Waals surface area (Å²) in [6, 6.07) is 1.82. The zero-order chi connectivity index (χ0) is 17.6. The van der Waals surface area contributed by atoms with Crippen LogP contribution in [0.1, 0.15) is 64.5 Å². The zero-order valence-corrected chi connectivity index (χ0v) is 15.3. The normalized spacial score (nSPS) is 19.7. The van der Waals surface area contributed by atoms with Gasteiger partial charge in [-0.2, -0.15) is 0 Å². The minimum atomic E-state index is -0.621. The molecule has 0 atom stereocenters. The fourth-order valence-corrected chi connectivity index (χ4v) is 2.25. The molecule has 1 aliphatic heterocycles. The fourth-order valence-electron chi connectivity index (χ4n) is 2.25. The highest BCUT2D eigenvalue weighted by Crippen LogP contribution is 2.36. The van der Waals surface area contributed by atoms with Crippen LogP contribution in [0.4, 0.5) is 0 Å². The van der Waals surface area contributed by atoms with Gasteiger partial charge in [0.1, 0.15) is 5.60 Å². The van der Waals surface area contributed by atoms with Crippen molar-refractivity contribution in [2.75, 3.05) is 0 Å². The fraction of sp³-hybridized carbons (Fsp3) is 0.647. The Bertz CT molecular complexity index is 604. The molecule has 0 saturated carbocycles. The molecule has 2 heterocycles. The summed E-state index contributed by atoms with van der Waals surface area (Å²) in [7, 11) is -0.621. The molecule has 126 valence electrons. The van der Waals surface area contributed by atoms with Gasteiger partial charge >= 0.3 is 13.1 Å². The topological polar surface area (TPSA) is 57.7 Å². The molecule has 0 bridgehead atoms. The van der Waals surface area contributed by atoms with E-state index in [0.29, 0.717) is 11.0 Å². The molecule has 1 saturated heterocycles. The minimum absolute atomic E-state index is 0.379. The standard InChI is InChI=1S/C17H26BNO4/c1-11-9-13(18-22-16(5,6)17(7,8)23-18)12(10-19-11)14(20)21-15(2,3)4/h9-10H,1-8H3. The van der Waals surface area contributed by atoms with Crippen LogP contribution in [0.15, 0.2) is 12.3 Å². The second-order valence-electron chi connectivity index (χ2n) is 8.00. The average molecular weight is 319 g/mol. The van der Waals surface area contributed by atoms with E-state index in [1.54, 1.807) is 0 Å². The number of hydrogen-bond donors (Lipinski definition) is 0. The third-order valence-electron chi connectivity index (χ3n) is 4.20. The predicted molar refractivity (Wildman–Crippen MR) is 89.9 cm³/mol. The van der Waals surface area contributed by atoms with Gasteiger partial charge in [-0.25, -0.2) is 4.79 Å². The van der Waals surface area contributed by atoms with Crippen molar-refractivity contribution in [3.63, 3.8) is 0 Å². The Hall–Kier alpha value is -1.40. The van der Waals surface area contributed by atoms with Gasteiger partial charge in [-0.15, -0.1) is 0 Å². The summed E-state index contributed by atoms with van der Waals surface area (Å²) in [5, 5.41) is 0. The van der Waals surface area contributed by atoms with Gasteiger partial charge in [0.25, 0.3) is 0 Å². The quantitative estimate of drug-likeness (QED) is 0.619. The maximum atomic E-state index is 12.5. The van der Waals surface area contributed by atoms with Crippen molar-refractivity contribution in [3.05, 3.63) is 23.5 Å². The van der Waals surface area contributed by atoms with Gasteiger partial charge in [0.05, 0.1) is 16.8 Å². The van der Waals surface area contributed by atoms with Crippen LogP contribution in [0.25, 0.3) is 0 Å². The van der Waals surface area contributed by atoms with Gasteiger partial charge < -0.3 is 14.0 Å². The van der Waals surface area contributed by atoms with Gasteiger partial charge in [-0.05, 0) is 61.5 Å². The second-order valence-corrected chi connectivity index (χ2v) is 8.00. The highest BCUT2D eigenvalue weighted by atomic mass is 16.7. The number of carbonyl (C=O) groups is 1. The predicted octanol–water partition coefficient (Wildman–Crippen LogP) is 2.64. The minimum Gasteiger partial charge on any atom is -0.456 e. The van der Waals surface area contributed by atoms with Crippen LogP contribution < -0.4 is 5.46 Å². The van der Waals surface area contributed by atoms with Crippen molar-refractivity contribution in [2.45, 2.75) is 72.2 Å². The number of rotatable bonds is 2. The first-order chi connectivity index (χ1) is 10.3. The van der Waals surface area contributed by atoms with E-state index in [-0.39, 0.29) is 0 Å². The van der Waals surface area contributed by atoms with E-state index >= 15 is 0 Å². The first-order valence-corrected chi connectivity index (χ1v) is 7.88. The molecule has 0 amide bonds. The van der Waals surface area contributed by atoms with Crippen LogP contribution in [-0.2, 0) is 14.0 Å². The van der Waals surface area contributed by atoms with E-state index in [4.69, 9.17) is 14.0 Å². The molecule has 0 spiro atoms. The molecule has 0 aromatic carbocycles. The SMILES string of the molecule is Cc1cc(B2OC(C)(C)C(C)(C)O2)c(C(=O)OC(C)(C)C)cn1. The lowest BCUT2D eigenvalue weighted by Gasteiger charge is -2.32. The third-order valence-corrected chi connectivity index (χ3v) is 4.20. The number of nitrogens with zero attached hydrogens (tertiary/aromatic N) is 1. The molecular weight excluding hydrogens is 293 g/mol. The van der Waals surface area contributed by atoms with Crippen molar-refractivity contribution in [3.8, 4) is 0 Å². The summed E-state index contributed by atoms with van der Waals surface area (Å²) < 4.78 is 17.6. The number of hydrogen-bond acceptors (Lipinski definition) is 5. The van der Waals surface area contributed by atoms with Crippen LogP contribution >= 0.6 is 0 Å². The number of aryl methyl sites for hydroxylation is 1. The maximum Gasteiger partial charge on any atom is 0.495 e. The van der Waals surface area contributed by atoms with E-state index in [9.17, 15) is 4.79 Å². The van der Waals surface area contributed by atoms with Gasteiger partial charge in [-0.1, -0.05) is 0 Å². The van der Waals surface area contributed by atoms with Crippen molar-refractivity contribution < 1.29 is 18.8 Å².